The van der Waals surface area contributed by atoms with Gasteiger partial charge in [-0.3, -0.25) is 0 Å². The first-order chi connectivity index (χ1) is 6.38. The minimum Gasteiger partial charge on any atom is -0.206 e. The zero-order valence-corrected chi connectivity index (χ0v) is 8.21. The van der Waals surface area contributed by atoms with E-state index in [2.05, 4.69) is 15.9 Å². The molecule has 0 heterocycles. The van der Waals surface area contributed by atoms with Crippen molar-refractivity contribution in [2.24, 2.45) is 0 Å². The molecule has 0 saturated carbocycles. The van der Waals surface area contributed by atoms with Crippen LogP contribution in [0, 0.1) is 17.7 Å². The molecule has 0 radical (unpaired) electrons. The highest BCUT2D eigenvalue weighted by Crippen LogP contribution is 2.17. The molecule has 0 amide bonds. The summed E-state index contributed by atoms with van der Waals surface area (Å²) in [6, 6.07) is 3.53. The predicted molar refractivity (Wildman–Crippen MR) is 47.0 cm³/mol. The molecule has 1 aromatic rings. The first-order valence-corrected chi connectivity index (χ1v) is 4.23. The molecule has 1 aromatic carbocycles. The van der Waals surface area contributed by atoms with Crippen LogP contribution in [0.2, 0.25) is 0 Å². The maximum atomic E-state index is 12.8. The van der Waals surface area contributed by atoms with Crippen LogP contribution >= 0.6 is 15.9 Å². The van der Waals surface area contributed by atoms with Gasteiger partial charge in [-0.15, -0.1) is 0 Å². The Balaban J connectivity index is 2.98. The fraction of sp³-hybridized carbons (Fsp3) is 0.111. The second-order valence-corrected chi connectivity index (χ2v) is 3.23. The third-order valence-corrected chi connectivity index (χ3v) is 1.91. The van der Waals surface area contributed by atoms with Gasteiger partial charge in [-0.1, -0.05) is 5.92 Å². The first-order valence-electron chi connectivity index (χ1n) is 3.43. The Labute approximate surface area is 86.1 Å². The van der Waals surface area contributed by atoms with Gasteiger partial charge in [0.05, 0.1) is 4.47 Å². The summed E-state index contributed by atoms with van der Waals surface area (Å²) in [4.78, 5) is 0. The van der Waals surface area contributed by atoms with Gasteiger partial charge < -0.3 is 0 Å². The Bertz CT molecular complexity index is 397. The van der Waals surface area contributed by atoms with E-state index < -0.39 is 12.0 Å². The topological polar surface area (TPSA) is 0 Å². The van der Waals surface area contributed by atoms with Gasteiger partial charge in [-0.2, -0.15) is 13.2 Å². The lowest BCUT2D eigenvalue weighted by Gasteiger charge is -1.95. The molecule has 0 aliphatic heterocycles. The molecular weight excluding hydrogens is 264 g/mol. The van der Waals surface area contributed by atoms with E-state index in [0.717, 1.165) is 12.0 Å². The second-order valence-electron chi connectivity index (χ2n) is 2.38. The molecule has 0 N–H and O–H groups in total. The maximum Gasteiger partial charge on any atom is 0.458 e. The van der Waals surface area contributed by atoms with E-state index in [1.807, 2.05) is 5.92 Å². The maximum absolute atomic E-state index is 12.8. The lowest BCUT2D eigenvalue weighted by molar-refractivity contribution is -0.0696. The smallest absolute Gasteiger partial charge is 0.206 e. The molecule has 5 heteroatoms. The van der Waals surface area contributed by atoms with E-state index >= 15 is 0 Å². The van der Waals surface area contributed by atoms with Crippen molar-refractivity contribution in [1.82, 2.24) is 0 Å². The molecular formula is C9H3BrF4. The molecule has 0 nitrogen and oxygen atoms in total. The monoisotopic (exact) mass is 266 g/mol. The highest BCUT2D eigenvalue weighted by Gasteiger charge is 2.22. The van der Waals surface area contributed by atoms with Crippen LogP contribution in [0.3, 0.4) is 0 Å². The quantitative estimate of drug-likeness (QED) is 0.498. The number of halogens is 5. The summed E-state index contributed by atoms with van der Waals surface area (Å²) >= 11 is 2.87. The molecule has 0 aliphatic carbocycles. The van der Waals surface area contributed by atoms with Crippen LogP contribution in [0.15, 0.2) is 22.7 Å². The van der Waals surface area contributed by atoms with Crippen molar-refractivity contribution in [1.29, 1.82) is 0 Å². The lowest BCUT2D eigenvalue weighted by atomic mass is 10.2. The SMILES string of the molecule is Fc1cc(C#CC(F)(F)F)ccc1Br. The summed E-state index contributed by atoms with van der Waals surface area (Å²) in [6.45, 7) is 0. The Morgan fingerprint density at radius 1 is 1.21 bits per heavy atom. The van der Waals surface area contributed by atoms with Crippen LogP contribution in [0.4, 0.5) is 17.6 Å². The minimum atomic E-state index is -4.55. The summed E-state index contributed by atoms with van der Waals surface area (Å²) in [6.07, 6.45) is -4.55. The third-order valence-electron chi connectivity index (χ3n) is 1.27. The van der Waals surface area contributed by atoms with E-state index in [1.54, 1.807) is 0 Å². The number of hydrogen-bond donors (Lipinski definition) is 0. The Morgan fingerprint density at radius 3 is 2.36 bits per heavy atom. The summed E-state index contributed by atoms with van der Waals surface area (Å²) in [5.74, 6) is 2.23. The van der Waals surface area contributed by atoms with E-state index in [-0.39, 0.29) is 10.0 Å². The fourth-order valence-corrected chi connectivity index (χ4v) is 0.964. The first kappa shape index (κ1) is 11.1. The Morgan fingerprint density at radius 2 is 1.86 bits per heavy atom. The molecule has 0 bridgehead atoms. The highest BCUT2D eigenvalue weighted by atomic mass is 79.9. The standard InChI is InChI=1S/C9H3BrF4/c10-7-2-1-6(5-8(7)11)3-4-9(12,13)14/h1-2,5H. The molecule has 0 spiro atoms. The second kappa shape index (κ2) is 4.01. The van der Waals surface area contributed by atoms with Crippen molar-refractivity contribution in [3.05, 3.63) is 34.1 Å². The van der Waals surface area contributed by atoms with Crippen LogP contribution in [0.25, 0.3) is 0 Å². The Kier molecular flexibility index (Phi) is 3.17. The van der Waals surface area contributed by atoms with Crippen molar-refractivity contribution in [2.75, 3.05) is 0 Å². The predicted octanol–water partition coefficient (Wildman–Crippen LogP) is 3.50. The third kappa shape index (κ3) is 3.38. The van der Waals surface area contributed by atoms with E-state index in [1.165, 1.54) is 12.1 Å². The van der Waals surface area contributed by atoms with Crippen molar-refractivity contribution in [3.8, 4) is 11.8 Å². The summed E-state index contributed by atoms with van der Waals surface area (Å²) < 4.78 is 47.9. The number of benzene rings is 1. The lowest BCUT2D eigenvalue weighted by Crippen LogP contribution is -2.01. The Hall–Kier alpha value is -1.02. The van der Waals surface area contributed by atoms with Crippen LogP contribution in [-0.4, -0.2) is 6.18 Å². The van der Waals surface area contributed by atoms with Gasteiger partial charge in [0.15, 0.2) is 0 Å². The van der Waals surface area contributed by atoms with Gasteiger partial charge in [0.2, 0.25) is 0 Å². The molecule has 0 fully saturated rings. The normalized spacial score (nSPS) is 10.6. The van der Waals surface area contributed by atoms with Crippen molar-refractivity contribution in [3.63, 3.8) is 0 Å². The zero-order valence-electron chi connectivity index (χ0n) is 6.62. The average Bonchev–Trinajstić information content (AvgIpc) is 2.06. The van der Waals surface area contributed by atoms with E-state index in [0.29, 0.717) is 0 Å². The van der Waals surface area contributed by atoms with Gasteiger partial charge in [0, 0.05) is 11.5 Å². The molecule has 0 aromatic heterocycles. The number of rotatable bonds is 0. The molecule has 0 atom stereocenters. The zero-order chi connectivity index (χ0) is 10.8. The van der Waals surface area contributed by atoms with E-state index in [4.69, 9.17) is 0 Å². The molecule has 0 unspecified atom stereocenters. The molecule has 0 aliphatic rings. The van der Waals surface area contributed by atoms with Crippen LogP contribution in [-0.2, 0) is 0 Å². The van der Waals surface area contributed by atoms with Crippen LogP contribution < -0.4 is 0 Å². The summed E-state index contributed by atoms with van der Waals surface area (Å²) in [5.41, 5.74) is -0.0111. The molecule has 0 saturated heterocycles. The largest absolute Gasteiger partial charge is 0.458 e. The van der Waals surface area contributed by atoms with Crippen molar-refractivity contribution >= 4 is 15.9 Å². The van der Waals surface area contributed by atoms with Gasteiger partial charge in [-0.25, -0.2) is 4.39 Å². The van der Waals surface area contributed by atoms with Crippen molar-refractivity contribution in [2.45, 2.75) is 6.18 Å². The number of hydrogen-bond acceptors (Lipinski definition) is 0. The highest BCUT2D eigenvalue weighted by molar-refractivity contribution is 9.10. The van der Waals surface area contributed by atoms with E-state index in [9.17, 15) is 17.6 Å². The summed E-state index contributed by atoms with van der Waals surface area (Å²) in [5, 5.41) is 0. The summed E-state index contributed by atoms with van der Waals surface area (Å²) in [7, 11) is 0. The van der Waals surface area contributed by atoms with Gasteiger partial charge in [0.1, 0.15) is 5.82 Å². The minimum absolute atomic E-state index is 0.0111. The molecule has 14 heavy (non-hydrogen) atoms. The average molecular weight is 267 g/mol. The van der Waals surface area contributed by atoms with Gasteiger partial charge in [0.25, 0.3) is 0 Å². The van der Waals surface area contributed by atoms with Crippen molar-refractivity contribution < 1.29 is 17.6 Å². The molecule has 1 rings (SSSR count). The van der Waals surface area contributed by atoms with Crippen LogP contribution in [0.1, 0.15) is 5.56 Å². The van der Waals surface area contributed by atoms with Crippen LogP contribution in [0.5, 0.6) is 0 Å². The fourth-order valence-electron chi connectivity index (χ4n) is 0.717. The number of alkyl halides is 3. The van der Waals surface area contributed by atoms with Gasteiger partial charge >= 0.3 is 6.18 Å². The van der Waals surface area contributed by atoms with Gasteiger partial charge in [-0.05, 0) is 34.1 Å². The molecule has 74 valence electrons.